The van der Waals surface area contributed by atoms with Crippen molar-refractivity contribution >= 4 is 40.4 Å². The van der Waals surface area contributed by atoms with Crippen molar-refractivity contribution in [1.29, 1.82) is 0 Å². The van der Waals surface area contributed by atoms with Crippen molar-refractivity contribution in [3.63, 3.8) is 0 Å². The molecule has 3 atom stereocenters. The molecular formula is C21H28INO5. The Hall–Kier alpha value is -1.64. The molecule has 28 heavy (non-hydrogen) atoms. The molecule has 0 radical (unpaired) electrons. The van der Waals surface area contributed by atoms with E-state index in [4.69, 9.17) is 9.47 Å². The summed E-state index contributed by atoms with van der Waals surface area (Å²) >= 11 is 2.31. The Balaban J connectivity index is 2.35. The smallest absolute Gasteiger partial charge is 0.321 e. The molecule has 0 bridgehead atoms. The third-order valence-corrected chi connectivity index (χ3v) is 6.80. The number of ether oxygens (including phenoxy) is 2. The predicted octanol–water partition coefficient (Wildman–Crippen LogP) is 3.22. The number of nitrogens with zero attached hydrogens (tertiary/aromatic N) is 1. The normalized spacial score (nSPS) is 20.3. The maximum absolute atomic E-state index is 13.3. The van der Waals surface area contributed by atoms with Crippen LogP contribution in [-0.2, 0) is 30.4 Å². The van der Waals surface area contributed by atoms with Gasteiger partial charge in [0.2, 0.25) is 5.91 Å². The molecule has 1 aromatic carbocycles. The lowest BCUT2D eigenvalue weighted by Gasteiger charge is -2.26. The lowest BCUT2D eigenvalue weighted by Crippen LogP contribution is -2.42. The zero-order valence-electron chi connectivity index (χ0n) is 16.6. The van der Waals surface area contributed by atoms with Gasteiger partial charge in [0.15, 0.2) is 5.92 Å². The van der Waals surface area contributed by atoms with Crippen LogP contribution < -0.4 is 0 Å². The van der Waals surface area contributed by atoms with Gasteiger partial charge >= 0.3 is 11.9 Å². The minimum absolute atomic E-state index is 0.124. The van der Waals surface area contributed by atoms with Gasteiger partial charge in [-0.1, -0.05) is 59.8 Å². The van der Waals surface area contributed by atoms with Crippen LogP contribution in [0, 0.1) is 17.8 Å². The first kappa shape index (κ1) is 22.6. The minimum atomic E-state index is -1.22. The fourth-order valence-electron chi connectivity index (χ4n) is 3.68. The fourth-order valence-corrected chi connectivity index (χ4v) is 4.36. The Bertz CT molecular complexity index is 663. The number of hydrogen-bond acceptors (Lipinski definition) is 5. The van der Waals surface area contributed by atoms with E-state index in [0.29, 0.717) is 13.1 Å². The van der Waals surface area contributed by atoms with E-state index in [0.717, 1.165) is 12.0 Å². The lowest BCUT2D eigenvalue weighted by molar-refractivity contribution is -0.167. The van der Waals surface area contributed by atoms with E-state index in [1.165, 1.54) is 0 Å². The number of esters is 2. The van der Waals surface area contributed by atoms with Crippen LogP contribution in [0.1, 0.15) is 32.8 Å². The number of alkyl halides is 1. The van der Waals surface area contributed by atoms with Gasteiger partial charge in [0.25, 0.3) is 0 Å². The van der Waals surface area contributed by atoms with Crippen LogP contribution in [0.15, 0.2) is 30.3 Å². The Morgan fingerprint density at radius 1 is 1.11 bits per heavy atom. The summed E-state index contributed by atoms with van der Waals surface area (Å²) in [7, 11) is 0. The Kier molecular flexibility index (Phi) is 8.72. The molecule has 7 heteroatoms. The number of amides is 1. The highest BCUT2D eigenvalue weighted by molar-refractivity contribution is 14.1. The van der Waals surface area contributed by atoms with Crippen LogP contribution in [0.4, 0.5) is 0 Å². The molecule has 0 saturated carbocycles. The van der Waals surface area contributed by atoms with Crippen LogP contribution in [0.2, 0.25) is 0 Å². The van der Waals surface area contributed by atoms with Crippen molar-refractivity contribution in [3.05, 3.63) is 35.9 Å². The molecule has 0 aliphatic carbocycles. The Morgan fingerprint density at radius 2 is 1.68 bits per heavy atom. The van der Waals surface area contributed by atoms with Crippen LogP contribution in [0.25, 0.3) is 0 Å². The highest BCUT2D eigenvalue weighted by atomic mass is 127. The van der Waals surface area contributed by atoms with Gasteiger partial charge < -0.3 is 14.4 Å². The molecule has 0 spiro atoms. The summed E-state index contributed by atoms with van der Waals surface area (Å²) in [5, 5.41) is 0. The average molecular weight is 501 g/mol. The molecule has 0 aromatic heterocycles. The number of rotatable bonds is 9. The number of hydrogen-bond donors (Lipinski definition) is 0. The second-order valence-electron chi connectivity index (χ2n) is 6.80. The minimum Gasteiger partial charge on any atom is -0.465 e. The first-order valence-electron chi connectivity index (χ1n) is 9.74. The largest absolute Gasteiger partial charge is 0.465 e. The van der Waals surface area contributed by atoms with Gasteiger partial charge in [-0.2, -0.15) is 0 Å². The van der Waals surface area contributed by atoms with E-state index in [1.54, 1.807) is 18.7 Å². The van der Waals surface area contributed by atoms with Gasteiger partial charge in [-0.25, -0.2) is 0 Å². The van der Waals surface area contributed by atoms with Crippen molar-refractivity contribution < 1.29 is 23.9 Å². The van der Waals surface area contributed by atoms with E-state index >= 15 is 0 Å². The third kappa shape index (κ3) is 5.24. The van der Waals surface area contributed by atoms with Crippen molar-refractivity contribution in [2.75, 3.05) is 19.8 Å². The van der Waals surface area contributed by atoms with Crippen LogP contribution in [-0.4, -0.2) is 46.4 Å². The van der Waals surface area contributed by atoms with Crippen molar-refractivity contribution in [1.82, 2.24) is 4.90 Å². The summed E-state index contributed by atoms with van der Waals surface area (Å²) in [6.07, 6.45) is 0.840. The number of carbonyl (C=O) groups excluding carboxylic acids is 3. The van der Waals surface area contributed by atoms with E-state index in [2.05, 4.69) is 22.6 Å². The molecule has 6 nitrogen and oxygen atoms in total. The second-order valence-corrected chi connectivity index (χ2v) is 8.40. The number of likely N-dealkylation sites (tertiary alicyclic amines) is 1. The van der Waals surface area contributed by atoms with Crippen molar-refractivity contribution in [3.8, 4) is 0 Å². The van der Waals surface area contributed by atoms with Gasteiger partial charge in [0.1, 0.15) is 0 Å². The molecular weight excluding hydrogens is 473 g/mol. The topological polar surface area (TPSA) is 72.9 Å². The van der Waals surface area contributed by atoms with E-state index in [-0.39, 0.29) is 29.0 Å². The molecule has 1 aliphatic heterocycles. The summed E-state index contributed by atoms with van der Waals surface area (Å²) in [5.74, 6) is -3.64. The number of carbonyl (C=O) groups is 3. The summed E-state index contributed by atoms with van der Waals surface area (Å²) in [5.41, 5.74) is 1.01. The molecule has 1 aromatic rings. The number of benzene rings is 1. The first-order valence-corrected chi connectivity index (χ1v) is 11.0. The highest BCUT2D eigenvalue weighted by Crippen LogP contribution is 2.39. The van der Waals surface area contributed by atoms with Crippen LogP contribution in [0.3, 0.4) is 0 Å². The monoisotopic (exact) mass is 501 g/mol. The summed E-state index contributed by atoms with van der Waals surface area (Å²) in [6, 6.07) is 9.71. The van der Waals surface area contributed by atoms with Gasteiger partial charge in [-0.15, -0.1) is 0 Å². The molecule has 1 amide bonds. The van der Waals surface area contributed by atoms with E-state index in [1.807, 2.05) is 37.3 Å². The molecule has 154 valence electrons. The quantitative estimate of drug-likeness (QED) is 0.225. The summed E-state index contributed by atoms with van der Waals surface area (Å²) < 4.78 is 10.4. The molecule has 0 unspecified atom stereocenters. The van der Waals surface area contributed by atoms with Crippen molar-refractivity contribution in [2.24, 2.45) is 17.8 Å². The van der Waals surface area contributed by atoms with Crippen LogP contribution >= 0.6 is 22.6 Å². The first-order chi connectivity index (χ1) is 13.4. The fraction of sp³-hybridized carbons (Fsp3) is 0.571. The van der Waals surface area contributed by atoms with Gasteiger partial charge in [-0.05, 0) is 25.8 Å². The summed E-state index contributed by atoms with van der Waals surface area (Å²) in [4.78, 5) is 40.3. The standard InChI is InChI=1S/C21H28INO5/c1-4-16(22)15-13-23(12-14-10-8-7-9-11-14)19(24)17(15)18(20(25)27-5-2)21(26)28-6-3/h7-11,15-18H,4-6,12-13H2,1-3H3/t15-,16+,17+/m0/s1. The maximum atomic E-state index is 13.3. The maximum Gasteiger partial charge on any atom is 0.321 e. The summed E-state index contributed by atoms with van der Waals surface area (Å²) in [6.45, 7) is 6.67. The zero-order valence-corrected chi connectivity index (χ0v) is 18.8. The second kappa shape index (κ2) is 10.8. The van der Waals surface area contributed by atoms with Gasteiger partial charge in [-0.3, -0.25) is 14.4 Å². The van der Waals surface area contributed by atoms with Gasteiger partial charge in [0.05, 0.1) is 19.1 Å². The highest BCUT2D eigenvalue weighted by Gasteiger charge is 2.53. The van der Waals surface area contributed by atoms with Crippen molar-refractivity contribution in [2.45, 2.75) is 37.7 Å². The lowest BCUT2D eigenvalue weighted by atomic mass is 9.81. The Morgan fingerprint density at radius 3 is 2.18 bits per heavy atom. The molecule has 1 aliphatic rings. The zero-order chi connectivity index (χ0) is 20.7. The number of halogens is 1. The molecule has 2 rings (SSSR count). The van der Waals surface area contributed by atoms with Gasteiger partial charge in [0, 0.05) is 22.9 Å². The molecule has 1 fully saturated rings. The third-order valence-electron chi connectivity index (χ3n) is 5.00. The Labute approximate surface area is 180 Å². The average Bonchev–Trinajstić information content (AvgIpc) is 2.99. The SMILES string of the molecule is CCOC(=O)C(C(=O)OCC)[C@@H]1C(=O)N(Cc2ccccc2)C[C@H]1[C@H](I)CC. The molecule has 1 saturated heterocycles. The predicted molar refractivity (Wildman–Crippen MR) is 114 cm³/mol. The van der Waals surface area contributed by atoms with E-state index in [9.17, 15) is 14.4 Å². The molecule has 0 N–H and O–H groups in total. The van der Waals surface area contributed by atoms with Crippen LogP contribution in [0.5, 0.6) is 0 Å². The molecule has 1 heterocycles. The van der Waals surface area contributed by atoms with E-state index < -0.39 is 23.8 Å².